The summed E-state index contributed by atoms with van der Waals surface area (Å²) in [6.07, 6.45) is 4.32. The molecule has 0 bridgehead atoms. The van der Waals surface area contributed by atoms with Crippen LogP contribution in [0.3, 0.4) is 0 Å². The Hall–Kier alpha value is -0.903. The van der Waals surface area contributed by atoms with E-state index >= 15 is 0 Å². The van der Waals surface area contributed by atoms with E-state index in [9.17, 15) is 0 Å². The van der Waals surface area contributed by atoms with Gasteiger partial charge in [-0.05, 0) is 12.1 Å². The van der Waals surface area contributed by atoms with Crippen LogP contribution in [-0.2, 0) is 0 Å². The molecule has 1 heterocycles. The van der Waals surface area contributed by atoms with Crippen LogP contribution in [0.5, 0.6) is 6.01 Å². The van der Waals surface area contributed by atoms with Crippen LogP contribution < -0.4 is 4.74 Å². The first-order valence-electron chi connectivity index (χ1n) is 4.40. The van der Waals surface area contributed by atoms with Gasteiger partial charge >= 0.3 is 6.01 Å². The van der Waals surface area contributed by atoms with E-state index in [2.05, 4.69) is 35.8 Å². The molecule has 0 atom stereocenters. The van der Waals surface area contributed by atoms with E-state index in [-0.39, 0.29) is 0 Å². The smallest absolute Gasteiger partial charge is 0.316 e. The predicted molar refractivity (Wildman–Crippen MR) is 54.5 cm³/mol. The largest absolute Gasteiger partial charge is 0.464 e. The number of ether oxygens (including phenoxy) is 1. The van der Waals surface area contributed by atoms with Crippen molar-refractivity contribution < 1.29 is 4.74 Å². The van der Waals surface area contributed by atoms with Crippen molar-refractivity contribution >= 4 is 8.07 Å². The lowest BCUT2D eigenvalue weighted by Crippen LogP contribution is -2.22. The first kappa shape index (κ1) is 10.2. The lowest BCUT2D eigenvalue weighted by Gasteiger charge is -2.14. The molecule has 1 rings (SSSR count). The standard InChI is InChI=1S/C9H15N2OSi/c1-13(2,3)8-7-12-9-10-5-4-6-11-9/h4-5H,7-8H2,1-3H3. The van der Waals surface area contributed by atoms with E-state index in [1.807, 2.05) is 0 Å². The zero-order valence-corrected chi connectivity index (χ0v) is 9.37. The van der Waals surface area contributed by atoms with Crippen molar-refractivity contribution in [2.24, 2.45) is 0 Å². The molecule has 0 spiro atoms. The maximum absolute atomic E-state index is 5.36. The molecule has 0 amide bonds. The van der Waals surface area contributed by atoms with Crippen LogP contribution in [0, 0.1) is 6.20 Å². The Kier molecular flexibility index (Phi) is 3.42. The van der Waals surface area contributed by atoms with E-state index in [1.165, 1.54) is 0 Å². The summed E-state index contributed by atoms with van der Waals surface area (Å²) >= 11 is 0. The monoisotopic (exact) mass is 195 g/mol. The van der Waals surface area contributed by atoms with Crippen LogP contribution in [0.4, 0.5) is 0 Å². The van der Waals surface area contributed by atoms with Gasteiger partial charge in [-0.15, -0.1) is 0 Å². The normalized spacial score (nSPS) is 11.3. The van der Waals surface area contributed by atoms with Gasteiger partial charge in [0.15, 0.2) is 0 Å². The molecule has 0 unspecified atom stereocenters. The molecule has 0 aliphatic carbocycles. The molecule has 0 fully saturated rings. The van der Waals surface area contributed by atoms with Gasteiger partial charge in [0.1, 0.15) is 0 Å². The van der Waals surface area contributed by atoms with Gasteiger partial charge in [0.2, 0.25) is 0 Å². The Morgan fingerprint density at radius 2 is 2.23 bits per heavy atom. The predicted octanol–water partition coefficient (Wildman–Crippen LogP) is 1.99. The highest BCUT2D eigenvalue weighted by molar-refractivity contribution is 6.76. The maximum Gasteiger partial charge on any atom is 0.316 e. The summed E-state index contributed by atoms with van der Waals surface area (Å²) in [7, 11) is -1.00. The minimum absolute atomic E-state index is 0.431. The summed E-state index contributed by atoms with van der Waals surface area (Å²) in [6.45, 7) is 7.66. The van der Waals surface area contributed by atoms with Crippen LogP contribution in [-0.4, -0.2) is 24.6 Å². The Morgan fingerprint density at radius 1 is 1.46 bits per heavy atom. The van der Waals surface area contributed by atoms with Crippen LogP contribution in [0.15, 0.2) is 12.3 Å². The van der Waals surface area contributed by atoms with Crippen molar-refractivity contribution in [3.05, 3.63) is 18.5 Å². The molecule has 3 nitrogen and oxygen atoms in total. The van der Waals surface area contributed by atoms with Gasteiger partial charge in [-0.25, -0.2) is 4.98 Å². The summed E-state index contributed by atoms with van der Waals surface area (Å²) in [4.78, 5) is 7.80. The summed E-state index contributed by atoms with van der Waals surface area (Å²) in [5.74, 6) is 0. The molecule has 0 saturated carbocycles. The molecule has 1 aromatic rings. The zero-order valence-electron chi connectivity index (χ0n) is 8.37. The van der Waals surface area contributed by atoms with Crippen molar-refractivity contribution in [1.82, 2.24) is 9.97 Å². The van der Waals surface area contributed by atoms with Crippen molar-refractivity contribution in [3.63, 3.8) is 0 Å². The van der Waals surface area contributed by atoms with Gasteiger partial charge in [-0.3, -0.25) is 0 Å². The molecule has 0 N–H and O–H groups in total. The second kappa shape index (κ2) is 4.37. The SMILES string of the molecule is C[Si](C)(C)CCOc1n[c]ccn1. The fraction of sp³-hybridized carbons (Fsp3) is 0.556. The Balaban J connectivity index is 2.29. The molecule has 1 aromatic heterocycles. The van der Waals surface area contributed by atoms with Crippen molar-refractivity contribution in [2.45, 2.75) is 25.7 Å². The molecule has 0 saturated heterocycles. The van der Waals surface area contributed by atoms with Crippen molar-refractivity contribution in [2.75, 3.05) is 6.61 Å². The number of hydrogen-bond donors (Lipinski definition) is 0. The highest BCUT2D eigenvalue weighted by Gasteiger charge is 2.12. The number of hydrogen-bond acceptors (Lipinski definition) is 3. The van der Waals surface area contributed by atoms with E-state index in [0.717, 1.165) is 6.04 Å². The third-order valence-electron chi connectivity index (χ3n) is 1.58. The number of nitrogens with zero attached hydrogens (tertiary/aromatic N) is 2. The quantitative estimate of drug-likeness (QED) is 0.689. The van der Waals surface area contributed by atoms with Crippen LogP contribution in [0.1, 0.15) is 0 Å². The average Bonchev–Trinajstić information content (AvgIpc) is 2.04. The van der Waals surface area contributed by atoms with E-state index < -0.39 is 8.07 Å². The molecule has 0 aliphatic heterocycles. The van der Waals surface area contributed by atoms with Crippen LogP contribution in [0.2, 0.25) is 25.7 Å². The van der Waals surface area contributed by atoms with Crippen molar-refractivity contribution in [1.29, 1.82) is 0 Å². The summed E-state index contributed by atoms with van der Waals surface area (Å²) < 4.78 is 5.36. The molecular weight excluding hydrogens is 180 g/mol. The highest BCUT2D eigenvalue weighted by Crippen LogP contribution is 2.08. The summed E-state index contributed by atoms with van der Waals surface area (Å²) in [5.41, 5.74) is 0. The van der Waals surface area contributed by atoms with Gasteiger partial charge in [0, 0.05) is 14.3 Å². The molecule has 71 valence electrons. The number of aromatic nitrogens is 2. The minimum Gasteiger partial charge on any atom is -0.464 e. The summed E-state index contributed by atoms with van der Waals surface area (Å²) in [5, 5.41) is 0. The third-order valence-corrected chi connectivity index (χ3v) is 3.28. The first-order valence-corrected chi connectivity index (χ1v) is 8.10. The van der Waals surface area contributed by atoms with E-state index in [0.29, 0.717) is 12.6 Å². The van der Waals surface area contributed by atoms with Crippen LogP contribution >= 0.6 is 0 Å². The highest BCUT2D eigenvalue weighted by atomic mass is 28.3. The molecule has 0 aromatic carbocycles. The second-order valence-electron chi connectivity index (χ2n) is 4.13. The third kappa shape index (κ3) is 4.62. The topological polar surface area (TPSA) is 35.0 Å². The lowest BCUT2D eigenvalue weighted by molar-refractivity contribution is 0.310. The molecule has 4 heteroatoms. The van der Waals surface area contributed by atoms with Gasteiger partial charge in [0.25, 0.3) is 0 Å². The van der Waals surface area contributed by atoms with E-state index in [1.54, 1.807) is 12.3 Å². The van der Waals surface area contributed by atoms with E-state index in [4.69, 9.17) is 4.74 Å². The van der Waals surface area contributed by atoms with Gasteiger partial charge < -0.3 is 4.74 Å². The molecule has 0 aliphatic rings. The van der Waals surface area contributed by atoms with Gasteiger partial charge in [-0.1, -0.05) is 19.6 Å². The maximum atomic E-state index is 5.36. The Morgan fingerprint density at radius 3 is 2.77 bits per heavy atom. The van der Waals surface area contributed by atoms with Gasteiger partial charge in [-0.2, -0.15) is 4.98 Å². The Labute approximate surface area is 80.2 Å². The van der Waals surface area contributed by atoms with Crippen molar-refractivity contribution in [3.8, 4) is 6.01 Å². The molecule has 13 heavy (non-hydrogen) atoms. The average molecular weight is 195 g/mol. The van der Waals surface area contributed by atoms with Gasteiger partial charge in [0.05, 0.1) is 12.8 Å². The minimum atomic E-state index is -1.00. The number of rotatable bonds is 4. The fourth-order valence-corrected chi connectivity index (χ4v) is 1.49. The van der Waals surface area contributed by atoms with Crippen LogP contribution in [0.25, 0.3) is 0 Å². The lowest BCUT2D eigenvalue weighted by atomic mass is 10.7. The zero-order chi connectivity index (χ0) is 9.73. The fourth-order valence-electron chi connectivity index (χ4n) is 0.774. The summed E-state index contributed by atoms with van der Waals surface area (Å²) in [6, 6.07) is 3.22. The molecule has 1 radical (unpaired) electrons. The second-order valence-corrected chi connectivity index (χ2v) is 9.75. The molecular formula is C9H15N2OSi. The Bertz CT molecular complexity index is 246. The first-order chi connectivity index (χ1) is 6.08.